The maximum atomic E-state index is 11.4. The molecule has 0 aliphatic carbocycles. The third-order valence-corrected chi connectivity index (χ3v) is 2.80. The number of amides is 1. The highest BCUT2D eigenvalue weighted by atomic mass is 16.1. The lowest BCUT2D eigenvalue weighted by molar-refractivity contribution is -0.120. The van der Waals surface area contributed by atoms with Crippen molar-refractivity contribution in [2.45, 2.75) is 26.7 Å². The van der Waals surface area contributed by atoms with E-state index < -0.39 is 0 Å². The van der Waals surface area contributed by atoms with Crippen LogP contribution in [-0.2, 0) is 4.79 Å². The van der Waals surface area contributed by atoms with Crippen LogP contribution in [0.2, 0.25) is 0 Å². The summed E-state index contributed by atoms with van der Waals surface area (Å²) < 4.78 is 0. The molecular weight excluding hydrogens is 202 g/mol. The summed E-state index contributed by atoms with van der Waals surface area (Å²) in [6, 6.07) is 0. The van der Waals surface area contributed by atoms with E-state index >= 15 is 0 Å². The van der Waals surface area contributed by atoms with Gasteiger partial charge in [-0.2, -0.15) is 0 Å². The SMILES string of the molecule is CC(C)CNC(=O)CNCCN1CCCC1. The van der Waals surface area contributed by atoms with Crippen LogP contribution in [0.4, 0.5) is 0 Å². The molecule has 0 radical (unpaired) electrons. The molecule has 94 valence electrons. The smallest absolute Gasteiger partial charge is 0.233 e. The summed E-state index contributed by atoms with van der Waals surface area (Å²) in [5.41, 5.74) is 0. The molecule has 0 aromatic carbocycles. The third-order valence-electron chi connectivity index (χ3n) is 2.80. The Hall–Kier alpha value is -0.610. The fraction of sp³-hybridized carbons (Fsp3) is 0.917. The van der Waals surface area contributed by atoms with E-state index in [1.807, 2.05) is 0 Å². The van der Waals surface area contributed by atoms with Crippen molar-refractivity contribution < 1.29 is 4.79 Å². The van der Waals surface area contributed by atoms with Crippen LogP contribution in [0.3, 0.4) is 0 Å². The monoisotopic (exact) mass is 227 g/mol. The van der Waals surface area contributed by atoms with Gasteiger partial charge in [0.25, 0.3) is 0 Å². The molecule has 0 aromatic heterocycles. The second-order valence-corrected chi connectivity index (χ2v) is 4.92. The van der Waals surface area contributed by atoms with Crippen molar-refractivity contribution in [3.63, 3.8) is 0 Å². The number of likely N-dealkylation sites (tertiary alicyclic amines) is 1. The molecule has 2 N–H and O–H groups in total. The number of rotatable bonds is 7. The summed E-state index contributed by atoms with van der Waals surface area (Å²) in [5, 5.41) is 6.08. The van der Waals surface area contributed by atoms with Crippen molar-refractivity contribution in [1.82, 2.24) is 15.5 Å². The van der Waals surface area contributed by atoms with Crippen molar-refractivity contribution in [3.05, 3.63) is 0 Å². The Balaban J connectivity index is 1.91. The lowest BCUT2D eigenvalue weighted by Gasteiger charge is -2.14. The second kappa shape index (κ2) is 7.63. The normalized spacial score (nSPS) is 16.9. The number of nitrogens with zero attached hydrogens (tertiary/aromatic N) is 1. The van der Waals surface area contributed by atoms with Crippen LogP contribution in [-0.4, -0.2) is 50.1 Å². The van der Waals surface area contributed by atoms with Crippen LogP contribution in [0.5, 0.6) is 0 Å². The Kier molecular flexibility index (Phi) is 6.42. The van der Waals surface area contributed by atoms with Gasteiger partial charge in [-0.1, -0.05) is 13.8 Å². The Morgan fingerprint density at radius 1 is 1.31 bits per heavy atom. The quantitative estimate of drug-likeness (QED) is 0.621. The van der Waals surface area contributed by atoms with E-state index in [0.29, 0.717) is 12.5 Å². The van der Waals surface area contributed by atoms with E-state index in [1.54, 1.807) is 0 Å². The highest BCUT2D eigenvalue weighted by Gasteiger charge is 2.10. The molecule has 1 amide bonds. The summed E-state index contributed by atoms with van der Waals surface area (Å²) >= 11 is 0. The molecule has 0 atom stereocenters. The van der Waals surface area contributed by atoms with Crippen LogP contribution < -0.4 is 10.6 Å². The van der Waals surface area contributed by atoms with Gasteiger partial charge in [-0.3, -0.25) is 4.79 Å². The first-order valence-corrected chi connectivity index (χ1v) is 6.38. The van der Waals surface area contributed by atoms with E-state index in [2.05, 4.69) is 29.4 Å². The summed E-state index contributed by atoms with van der Waals surface area (Å²) in [4.78, 5) is 13.8. The van der Waals surface area contributed by atoms with Gasteiger partial charge >= 0.3 is 0 Å². The molecule has 4 heteroatoms. The van der Waals surface area contributed by atoms with Crippen LogP contribution in [0, 0.1) is 5.92 Å². The number of carbonyl (C=O) groups excluding carboxylic acids is 1. The maximum Gasteiger partial charge on any atom is 0.233 e. The zero-order valence-corrected chi connectivity index (χ0v) is 10.6. The number of carbonyl (C=O) groups is 1. The molecule has 1 saturated heterocycles. The highest BCUT2D eigenvalue weighted by Crippen LogP contribution is 2.05. The molecule has 0 bridgehead atoms. The van der Waals surface area contributed by atoms with Crippen molar-refractivity contribution in [2.24, 2.45) is 5.92 Å². The van der Waals surface area contributed by atoms with Gasteiger partial charge in [-0.25, -0.2) is 0 Å². The van der Waals surface area contributed by atoms with Gasteiger partial charge < -0.3 is 15.5 Å². The van der Waals surface area contributed by atoms with Gasteiger partial charge in [-0.05, 0) is 31.8 Å². The molecule has 1 fully saturated rings. The van der Waals surface area contributed by atoms with E-state index in [9.17, 15) is 4.79 Å². The van der Waals surface area contributed by atoms with Gasteiger partial charge in [0.1, 0.15) is 0 Å². The Labute approximate surface area is 98.8 Å². The summed E-state index contributed by atoms with van der Waals surface area (Å²) in [6.45, 7) is 9.84. The van der Waals surface area contributed by atoms with Crippen LogP contribution in [0.1, 0.15) is 26.7 Å². The van der Waals surface area contributed by atoms with Crippen molar-refractivity contribution >= 4 is 5.91 Å². The van der Waals surface area contributed by atoms with Gasteiger partial charge in [0.2, 0.25) is 5.91 Å². The molecule has 1 aliphatic heterocycles. The average Bonchev–Trinajstić information content (AvgIpc) is 2.74. The van der Waals surface area contributed by atoms with E-state index in [0.717, 1.165) is 19.6 Å². The fourth-order valence-electron chi connectivity index (χ4n) is 1.83. The predicted molar refractivity (Wildman–Crippen MR) is 66.4 cm³/mol. The Bertz CT molecular complexity index is 200. The fourth-order valence-corrected chi connectivity index (χ4v) is 1.83. The average molecular weight is 227 g/mol. The largest absolute Gasteiger partial charge is 0.355 e. The zero-order valence-electron chi connectivity index (χ0n) is 10.6. The van der Waals surface area contributed by atoms with E-state index in [-0.39, 0.29) is 5.91 Å². The molecule has 0 spiro atoms. The second-order valence-electron chi connectivity index (χ2n) is 4.92. The van der Waals surface area contributed by atoms with Crippen molar-refractivity contribution in [1.29, 1.82) is 0 Å². The molecule has 1 aliphatic rings. The molecule has 1 heterocycles. The first kappa shape index (κ1) is 13.5. The van der Waals surface area contributed by atoms with Gasteiger partial charge in [0.15, 0.2) is 0 Å². The zero-order chi connectivity index (χ0) is 11.8. The summed E-state index contributed by atoms with van der Waals surface area (Å²) in [5.74, 6) is 0.628. The van der Waals surface area contributed by atoms with Gasteiger partial charge in [0.05, 0.1) is 6.54 Å². The molecule has 16 heavy (non-hydrogen) atoms. The van der Waals surface area contributed by atoms with Crippen LogP contribution >= 0.6 is 0 Å². The summed E-state index contributed by atoms with van der Waals surface area (Å²) in [7, 11) is 0. The van der Waals surface area contributed by atoms with Crippen LogP contribution in [0.25, 0.3) is 0 Å². The van der Waals surface area contributed by atoms with Crippen molar-refractivity contribution in [2.75, 3.05) is 39.3 Å². The minimum atomic E-state index is 0.107. The lowest BCUT2D eigenvalue weighted by atomic mass is 10.2. The molecule has 0 unspecified atom stereocenters. The van der Waals surface area contributed by atoms with E-state index in [1.165, 1.54) is 25.9 Å². The van der Waals surface area contributed by atoms with Crippen LogP contribution in [0.15, 0.2) is 0 Å². The number of hydrogen-bond donors (Lipinski definition) is 2. The molecule has 0 aromatic rings. The predicted octanol–water partition coefficient (Wildman–Crippen LogP) is 0.444. The first-order valence-electron chi connectivity index (χ1n) is 6.38. The number of nitrogens with one attached hydrogen (secondary N) is 2. The molecule has 4 nitrogen and oxygen atoms in total. The van der Waals surface area contributed by atoms with Crippen molar-refractivity contribution in [3.8, 4) is 0 Å². The van der Waals surface area contributed by atoms with E-state index in [4.69, 9.17) is 0 Å². The lowest BCUT2D eigenvalue weighted by Crippen LogP contribution is -2.38. The Morgan fingerprint density at radius 2 is 2.00 bits per heavy atom. The summed E-state index contributed by atoms with van der Waals surface area (Å²) in [6.07, 6.45) is 2.66. The van der Waals surface area contributed by atoms with Gasteiger partial charge in [0, 0.05) is 19.6 Å². The Morgan fingerprint density at radius 3 is 2.62 bits per heavy atom. The third kappa shape index (κ3) is 6.08. The standard InChI is InChI=1S/C12H25N3O/c1-11(2)9-14-12(16)10-13-5-8-15-6-3-4-7-15/h11,13H,3-10H2,1-2H3,(H,14,16). The topological polar surface area (TPSA) is 44.4 Å². The van der Waals surface area contributed by atoms with Gasteiger partial charge in [-0.15, -0.1) is 0 Å². The first-order chi connectivity index (χ1) is 7.68. The number of hydrogen-bond acceptors (Lipinski definition) is 3. The molecule has 1 rings (SSSR count). The minimum absolute atomic E-state index is 0.107. The maximum absolute atomic E-state index is 11.4. The molecular formula is C12H25N3O. The molecule has 0 saturated carbocycles. The minimum Gasteiger partial charge on any atom is -0.355 e. The highest BCUT2D eigenvalue weighted by molar-refractivity contribution is 5.77.